The van der Waals surface area contributed by atoms with Gasteiger partial charge in [-0.1, -0.05) is 0 Å². The molecule has 0 bridgehead atoms. The molecule has 0 spiro atoms. The Balaban J connectivity index is 3.40. The molecule has 3 nitrogen and oxygen atoms in total. The summed E-state index contributed by atoms with van der Waals surface area (Å²) in [4.78, 5) is 13.5. The van der Waals surface area contributed by atoms with Crippen LogP contribution in [0.25, 0.3) is 0 Å². The van der Waals surface area contributed by atoms with Crippen molar-refractivity contribution in [2.24, 2.45) is 0 Å². The van der Waals surface area contributed by atoms with Crippen LogP contribution in [0.3, 0.4) is 0 Å². The monoisotopic (exact) mass is 205 g/mol. The summed E-state index contributed by atoms with van der Waals surface area (Å²) in [5, 5.41) is 8.52. The first-order chi connectivity index (χ1) is 6.43. The van der Waals surface area contributed by atoms with Gasteiger partial charge in [-0.05, 0) is 12.5 Å². The number of halogens is 3. The number of hydrogen-bond acceptors (Lipinski definition) is 2. The molecular formula is C8H6F3NO2. The van der Waals surface area contributed by atoms with Gasteiger partial charge in [0.1, 0.15) is 0 Å². The molecular weight excluding hydrogens is 199 g/mol. The molecule has 0 aliphatic rings. The van der Waals surface area contributed by atoms with Crippen LogP contribution < -0.4 is 0 Å². The van der Waals surface area contributed by atoms with Crippen molar-refractivity contribution in [1.82, 2.24) is 4.98 Å². The molecule has 1 N–H and O–H groups in total. The third-order valence-corrected chi connectivity index (χ3v) is 1.72. The lowest BCUT2D eigenvalue weighted by molar-refractivity contribution is 0.0687. The zero-order chi connectivity index (χ0) is 10.9. The summed E-state index contributed by atoms with van der Waals surface area (Å²) in [7, 11) is 0. The molecule has 0 aliphatic carbocycles. The Kier molecular flexibility index (Phi) is 2.73. The molecule has 0 amide bonds. The maximum atomic E-state index is 12.6. The smallest absolute Gasteiger partial charge is 0.354 e. The van der Waals surface area contributed by atoms with Crippen molar-refractivity contribution >= 4 is 5.97 Å². The van der Waals surface area contributed by atoms with E-state index in [0.717, 1.165) is 6.92 Å². The van der Waals surface area contributed by atoms with Crippen LogP contribution in [-0.4, -0.2) is 16.1 Å². The lowest BCUT2D eigenvalue weighted by Crippen LogP contribution is -2.08. The first kappa shape index (κ1) is 10.5. The molecule has 14 heavy (non-hydrogen) atoms. The van der Waals surface area contributed by atoms with Gasteiger partial charge in [0, 0.05) is 11.6 Å². The second kappa shape index (κ2) is 3.65. The van der Waals surface area contributed by atoms with Gasteiger partial charge in [0.15, 0.2) is 5.69 Å². The first-order valence-electron chi connectivity index (χ1n) is 3.62. The molecule has 0 atom stereocenters. The molecule has 1 heterocycles. The van der Waals surface area contributed by atoms with Crippen molar-refractivity contribution in [3.8, 4) is 0 Å². The number of carboxylic acid groups (broad SMARTS) is 1. The lowest BCUT2D eigenvalue weighted by Gasteiger charge is -2.06. The normalized spacial score (nSPS) is 10.6. The minimum Gasteiger partial charge on any atom is -0.477 e. The number of alkyl halides is 2. The van der Waals surface area contributed by atoms with Crippen molar-refractivity contribution in [2.45, 2.75) is 13.3 Å². The number of aromatic carboxylic acids is 1. The number of hydrogen-bond donors (Lipinski definition) is 1. The predicted molar refractivity (Wildman–Crippen MR) is 40.8 cm³/mol. The average molecular weight is 205 g/mol. The number of carbonyl (C=O) groups is 1. The Morgan fingerprint density at radius 1 is 1.57 bits per heavy atom. The van der Waals surface area contributed by atoms with Gasteiger partial charge in [-0.3, -0.25) is 0 Å². The van der Waals surface area contributed by atoms with E-state index in [0.29, 0.717) is 6.07 Å². The van der Waals surface area contributed by atoms with Crippen LogP contribution in [0.15, 0.2) is 6.07 Å². The van der Waals surface area contributed by atoms with Crippen LogP contribution in [0.4, 0.5) is 13.2 Å². The van der Waals surface area contributed by atoms with Crippen LogP contribution in [0.5, 0.6) is 0 Å². The molecule has 0 saturated carbocycles. The Hall–Kier alpha value is -1.59. The van der Waals surface area contributed by atoms with Gasteiger partial charge in [-0.2, -0.15) is 4.39 Å². The van der Waals surface area contributed by atoms with E-state index in [2.05, 4.69) is 4.98 Å². The maximum Gasteiger partial charge on any atom is 0.354 e. The second-order valence-corrected chi connectivity index (χ2v) is 2.61. The Morgan fingerprint density at radius 2 is 2.14 bits per heavy atom. The van der Waals surface area contributed by atoms with Crippen LogP contribution in [-0.2, 0) is 0 Å². The van der Waals surface area contributed by atoms with Gasteiger partial charge < -0.3 is 5.11 Å². The molecule has 0 fully saturated rings. The molecule has 0 unspecified atom stereocenters. The minimum absolute atomic E-state index is 0.214. The quantitative estimate of drug-likeness (QED) is 0.752. The van der Waals surface area contributed by atoms with Crippen LogP contribution >= 0.6 is 0 Å². The highest BCUT2D eigenvalue weighted by atomic mass is 19.3. The van der Waals surface area contributed by atoms with Crippen LogP contribution in [0, 0.1) is 12.9 Å². The van der Waals surface area contributed by atoms with Crippen molar-refractivity contribution in [2.75, 3.05) is 0 Å². The van der Waals surface area contributed by atoms with E-state index in [4.69, 9.17) is 5.11 Å². The van der Waals surface area contributed by atoms with Gasteiger partial charge in [0.2, 0.25) is 5.95 Å². The van der Waals surface area contributed by atoms with Crippen LogP contribution in [0.1, 0.15) is 28.0 Å². The molecule has 0 saturated heterocycles. The maximum absolute atomic E-state index is 12.6. The van der Waals surface area contributed by atoms with Crippen molar-refractivity contribution in [3.63, 3.8) is 0 Å². The number of rotatable bonds is 2. The SMILES string of the molecule is Cc1c(C(F)F)cc(F)nc1C(=O)O. The summed E-state index contributed by atoms with van der Waals surface area (Å²) in [6.07, 6.45) is -2.91. The first-order valence-corrected chi connectivity index (χ1v) is 3.62. The highest BCUT2D eigenvalue weighted by molar-refractivity contribution is 5.87. The predicted octanol–water partition coefficient (Wildman–Crippen LogP) is 2.16. The summed E-state index contributed by atoms with van der Waals surface area (Å²) < 4.78 is 37.1. The van der Waals surface area contributed by atoms with E-state index in [9.17, 15) is 18.0 Å². The Bertz CT molecular complexity index is 379. The highest BCUT2D eigenvalue weighted by Gasteiger charge is 2.19. The minimum atomic E-state index is -2.91. The average Bonchev–Trinajstić information content (AvgIpc) is 2.07. The highest BCUT2D eigenvalue weighted by Crippen LogP contribution is 2.24. The molecule has 0 radical (unpaired) electrons. The molecule has 6 heteroatoms. The zero-order valence-electron chi connectivity index (χ0n) is 7.09. The summed E-state index contributed by atoms with van der Waals surface area (Å²) in [6.45, 7) is 1.16. The Labute approximate surface area is 77.2 Å². The van der Waals surface area contributed by atoms with E-state index in [1.807, 2.05) is 0 Å². The molecule has 1 aromatic rings. The number of carboxylic acids is 1. The van der Waals surface area contributed by atoms with E-state index in [-0.39, 0.29) is 5.56 Å². The fourth-order valence-corrected chi connectivity index (χ4v) is 1.03. The fourth-order valence-electron chi connectivity index (χ4n) is 1.03. The molecule has 1 aromatic heterocycles. The summed E-state index contributed by atoms with van der Waals surface area (Å²) in [6, 6.07) is 0.534. The molecule has 0 aliphatic heterocycles. The van der Waals surface area contributed by atoms with Crippen molar-refractivity contribution < 1.29 is 23.1 Å². The topological polar surface area (TPSA) is 50.2 Å². The van der Waals surface area contributed by atoms with E-state index >= 15 is 0 Å². The molecule has 76 valence electrons. The van der Waals surface area contributed by atoms with Gasteiger partial charge in [0.25, 0.3) is 6.43 Å². The fraction of sp³-hybridized carbons (Fsp3) is 0.250. The van der Waals surface area contributed by atoms with E-state index in [1.54, 1.807) is 0 Å². The third kappa shape index (κ3) is 1.84. The zero-order valence-corrected chi connectivity index (χ0v) is 7.09. The van der Waals surface area contributed by atoms with Gasteiger partial charge in [0.05, 0.1) is 0 Å². The largest absolute Gasteiger partial charge is 0.477 e. The molecule has 1 rings (SSSR count). The third-order valence-electron chi connectivity index (χ3n) is 1.72. The number of aromatic nitrogens is 1. The van der Waals surface area contributed by atoms with Gasteiger partial charge in [-0.15, -0.1) is 0 Å². The van der Waals surface area contributed by atoms with Crippen LogP contribution in [0.2, 0.25) is 0 Å². The van der Waals surface area contributed by atoms with E-state index in [1.165, 1.54) is 0 Å². The Morgan fingerprint density at radius 3 is 2.57 bits per heavy atom. The summed E-state index contributed by atoms with van der Waals surface area (Å²) in [5.74, 6) is -2.74. The van der Waals surface area contributed by atoms with Crippen molar-refractivity contribution in [3.05, 3.63) is 28.8 Å². The van der Waals surface area contributed by atoms with Gasteiger partial charge >= 0.3 is 5.97 Å². The van der Waals surface area contributed by atoms with Crippen molar-refractivity contribution in [1.29, 1.82) is 0 Å². The van der Waals surface area contributed by atoms with E-state index < -0.39 is 29.6 Å². The number of pyridine rings is 1. The lowest BCUT2D eigenvalue weighted by atomic mass is 10.1. The summed E-state index contributed by atoms with van der Waals surface area (Å²) >= 11 is 0. The standard InChI is InChI=1S/C8H6F3NO2/c1-3-4(7(10)11)2-5(9)12-6(3)8(13)14/h2,7H,1H3,(H,13,14). The molecule has 0 aromatic carbocycles. The second-order valence-electron chi connectivity index (χ2n) is 2.61. The number of nitrogens with zero attached hydrogens (tertiary/aromatic N) is 1. The van der Waals surface area contributed by atoms with Gasteiger partial charge in [-0.25, -0.2) is 18.6 Å². The summed E-state index contributed by atoms with van der Waals surface area (Å²) in [5.41, 5.74) is -1.54.